The van der Waals surface area contributed by atoms with E-state index >= 15 is 0 Å². The molecule has 3 rings (SSSR count). The van der Waals surface area contributed by atoms with Crippen molar-refractivity contribution < 1.29 is 19.4 Å². The third-order valence-corrected chi connectivity index (χ3v) is 3.51. The van der Waals surface area contributed by atoms with Crippen molar-refractivity contribution in [3.8, 4) is 0 Å². The molecule has 0 saturated carbocycles. The van der Waals surface area contributed by atoms with E-state index in [0.717, 1.165) is 0 Å². The molecule has 0 fully saturated rings. The number of Topliss-reactive ketones (excluding diaryl/α,β-unsaturated/α-hetero) is 2. The van der Waals surface area contributed by atoms with Crippen LogP contribution in [0.15, 0.2) is 35.6 Å². The Kier molecular flexibility index (Phi) is 2.41. The molecule has 1 aliphatic carbocycles. The van der Waals surface area contributed by atoms with Crippen LogP contribution in [0.2, 0.25) is 0 Å². The minimum atomic E-state index is -0.955. The van der Waals surface area contributed by atoms with Crippen molar-refractivity contribution in [2.75, 3.05) is 0 Å². The molecular formula is C15H14O4. The average molecular weight is 258 g/mol. The smallest absolute Gasteiger partial charge is 0.228 e. The number of allylic oxidation sites excluding steroid dienone is 1. The Morgan fingerprint density at radius 1 is 1.16 bits per heavy atom. The van der Waals surface area contributed by atoms with Crippen LogP contribution in [0, 0.1) is 0 Å². The van der Waals surface area contributed by atoms with Crippen LogP contribution in [-0.2, 0) is 4.74 Å². The SMILES string of the molecule is CC1(C)C[C@@H](O)C2=C(O1)C(=O)c1ccccc1C2=O. The van der Waals surface area contributed by atoms with Crippen molar-refractivity contribution in [3.05, 3.63) is 46.7 Å². The van der Waals surface area contributed by atoms with Gasteiger partial charge in [0.2, 0.25) is 5.78 Å². The zero-order valence-corrected chi connectivity index (χ0v) is 10.8. The second-order valence-corrected chi connectivity index (χ2v) is 5.53. The maximum atomic E-state index is 12.4. The van der Waals surface area contributed by atoms with Gasteiger partial charge in [0, 0.05) is 17.5 Å². The minimum Gasteiger partial charge on any atom is -0.483 e. The van der Waals surface area contributed by atoms with Crippen LogP contribution >= 0.6 is 0 Å². The predicted octanol–water partition coefficient (Wildman–Crippen LogP) is 1.88. The van der Waals surface area contributed by atoms with E-state index in [1.54, 1.807) is 38.1 Å². The van der Waals surface area contributed by atoms with E-state index in [1.165, 1.54) is 0 Å². The number of benzene rings is 1. The van der Waals surface area contributed by atoms with Crippen LogP contribution in [-0.4, -0.2) is 28.4 Å². The summed E-state index contributed by atoms with van der Waals surface area (Å²) in [7, 11) is 0. The molecule has 1 aromatic rings. The van der Waals surface area contributed by atoms with Gasteiger partial charge in [0.1, 0.15) is 5.60 Å². The van der Waals surface area contributed by atoms with Gasteiger partial charge in [-0.25, -0.2) is 0 Å². The summed E-state index contributed by atoms with van der Waals surface area (Å²) < 4.78 is 5.64. The van der Waals surface area contributed by atoms with E-state index in [0.29, 0.717) is 17.5 Å². The fourth-order valence-corrected chi connectivity index (χ4v) is 2.66. The van der Waals surface area contributed by atoms with Gasteiger partial charge in [0.15, 0.2) is 11.5 Å². The summed E-state index contributed by atoms with van der Waals surface area (Å²) in [4.78, 5) is 24.8. The van der Waals surface area contributed by atoms with E-state index < -0.39 is 11.7 Å². The third kappa shape index (κ3) is 1.71. The summed E-state index contributed by atoms with van der Waals surface area (Å²) in [6.45, 7) is 3.58. The molecule has 0 aromatic heterocycles. The second-order valence-electron chi connectivity index (χ2n) is 5.53. The van der Waals surface area contributed by atoms with E-state index in [2.05, 4.69) is 0 Å². The first-order chi connectivity index (χ1) is 8.91. The summed E-state index contributed by atoms with van der Waals surface area (Å²) in [5.74, 6) is -0.627. The summed E-state index contributed by atoms with van der Waals surface area (Å²) in [6, 6.07) is 6.62. The average Bonchev–Trinajstić information content (AvgIpc) is 2.34. The molecule has 0 saturated heterocycles. The molecule has 2 aliphatic rings. The van der Waals surface area contributed by atoms with Gasteiger partial charge in [-0.15, -0.1) is 0 Å². The summed E-state index contributed by atoms with van der Waals surface area (Å²) in [5, 5.41) is 10.1. The zero-order chi connectivity index (χ0) is 13.8. The minimum absolute atomic E-state index is 0.00690. The highest BCUT2D eigenvalue weighted by Crippen LogP contribution is 2.38. The number of ether oxygens (including phenoxy) is 1. The number of aliphatic hydroxyl groups excluding tert-OH is 1. The number of carbonyl (C=O) groups excluding carboxylic acids is 2. The Balaban J connectivity index is 2.20. The van der Waals surface area contributed by atoms with Gasteiger partial charge >= 0.3 is 0 Å². The molecule has 4 heteroatoms. The first-order valence-corrected chi connectivity index (χ1v) is 6.20. The maximum absolute atomic E-state index is 12.4. The highest BCUT2D eigenvalue weighted by molar-refractivity contribution is 6.26. The molecule has 1 N–H and O–H groups in total. The fourth-order valence-electron chi connectivity index (χ4n) is 2.66. The number of carbonyl (C=O) groups is 2. The van der Waals surface area contributed by atoms with Gasteiger partial charge in [-0.1, -0.05) is 24.3 Å². The van der Waals surface area contributed by atoms with Crippen molar-refractivity contribution in [3.63, 3.8) is 0 Å². The molecule has 1 atom stereocenters. The Hall–Kier alpha value is -1.94. The van der Waals surface area contributed by atoms with Crippen LogP contribution < -0.4 is 0 Å². The summed E-state index contributed by atoms with van der Waals surface area (Å²) in [5.41, 5.74) is 0.133. The molecule has 98 valence electrons. The number of hydrogen-bond donors (Lipinski definition) is 1. The molecule has 0 unspecified atom stereocenters. The van der Waals surface area contributed by atoms with E-state index in [4.69, 9.17) is 4.74 Å². The van der Waals surface area contributed by atoms with Crippen molar-refractivity contribution >= 4 is 11.6 Å². The van der Waals surface area contributed by atoms with Crippen LogP contribution in [0.5, 0.6) is 0 Å². The van der Waals surface area contributed by atoms with E-state index in [-0.39, 0.29) is 22.9 Å². The van der Waals surface area contributed by atoms with E-state index in [9.17, 15) is 14.7 Å². The molecular weight excluding hydrogens is 244 g/mol. The maximum Gasteiger partial charge on any atom is 0.228 e. The normalized spacial score (nSPS) is 24.7. The second kappa shape index (κ2) is 3.78. The Labute approximate surface area is 110 Å². The zero-order valence-electron chi connectivity index (χ0n) is 10.8. The van der Waals surface area contributed by atoms with Crippen molar-refractivity contribution in [1.29, 1.82) is 0 Å². The first kappa shape index (κ1) is 12.1. The highest BCUT2D eigenvalue weighted by atomic mass is 16.5. The lowest BCUT2D eigenvalue weighted by Crippen LogP contribution is -2.42. The molecule has 1 aromatic carbocycles. The van der Waals surface area contributed by atoms with Crippen molar-refractivity contribution in [2.24, 2.45) is 0 Å². The summed E-state index contributed by atoms with van der Waals surface area (Å²) in [6.07, 6.45) is -0.656. The van der Waals surface area contributed by atoms with E-state index in [1.807, 2.05) is 0 Å². The van der Waals surface area contributed by atoms with Crippen molar-refractivity contribution in [1.82, 2.24) is 0 Å². The van der Waals surface area contributed by atoms with Gasteiger partial charge < -0.3 is 9.84 Å². The van der Waals surface area contributed by atoms with Gasteiger partial charge in [-0.2, -0.15) is 0 Å². The topological polar surface area (TPSA) is 63.6 Å². The third-order valence-electron chi connectivity index (χ3n) is 3.51. The predicted molar refractivity (Wildman–Crippen MR) is 67.9 cm³/mol. The molecule has 0 spiro atoms. The highest BCUT2D eigenvalue weighted by Gasteiger charge is 2.44. The quantitative estimate of drug-likeness (QED) is 0.771. The monoisotopic (exact) mass is 258 g/mol. The van der Waals surface area contributed by atoms with Gasteiger partial charge in [-0.3, -0.25) is 9.59 Å². The lowest BCUT2D eigenvalue weighted by molar-refractivity contribution is -0.0249. The molecule has 1 aliphatic heterocycles. The molecule has 1 heterocycles. The largest absolute Gasteiger partial charge is 0.483 e. The number of hydrogen-bond acceptors (Lipinski definition) is 4. The fraction of sp³-hybridized carbons (Fsp3) is 0.333. The first-order valence-electron chi connectivity index (χ1n) is 6.20. The van der Waals surface area contributed by atoms with Gasteiger partial charge in [0.25, 0.3) is 0 Å². The standard InChI is InChI=1S/C15H14O4/c1-15(2)7-10(16)11-12(17)8-5-3-4-6-9(8)13(18)14(11)19-15/h3-6,10,16H,7H2,1-2H3/t10-/m1/s1. The lowest BCUT2D eigenvalue weighted by Gasteiger charge is -2.37. The van der Waals surface area contributed by atoms with Crippen LogP contribution in [0.1, 0.15) is 41.0 Å². The Morgan fingerprint density at radius 2 is 1.74 bits per heavy atom. The van der Waals surface area contributed by atoms with Crippen LogP contribution in [0.3, 0.4) is 0 Å². The lowest BCUT2D eigenvalue weighted by atomic mass is 9.81. The molecule has 0 bridgehead atoms. The molecule has 0 radical (unpaired) electrons. The molecule has 4 nitrogen and oxygen atoms in total. The van der Waals surface area contributed by atoms with Crippen LogP contribution in [0.25, 0.3) is 0 Å². The Bertz CT molecular complexity index is 625. The van der Waals surface area contributed by atoms with Gasteiger partial charge in [0.05, 0.1) is 11.7 Å². The van der Waals surface area contributed by atoms with Crippen molar-refractivity contribution in [2.45, 2.75) is 32.0 Å². The number of aliphatic hydroxyl groups is 1. The Morgan fingerprint density at radius 3 is 2.37 bits per heavy atom. The number of ketones is 2. The van der Waals surface area contributed by atoms with Crippen LogP contribution in [0.4, 0.5) is 0 Å². The van der Waals surface area contributed by atoms with Gasteiger partial charge in [-0.05, 0) is 13.8 Å². The molecule has 19 heavy (non-hydrogen) atoms. The summed E-state index contributed by atoms with van der Waals surface area (Å²) >= 11 is 0. The number of rotatable bonds is 0. The number of fused-ring (bicyclic) bond motifs is 1. The molecule has 0 amide bonds.